The number of carboxylic acids is 1. The second-order valence-electron chi connectivity index (χ2n) is 8.44. The number of nitrogens with zero attached hydrogens (tertiary/aromatic N) is 3. The Morgan fingerprint density at radius 3 is 2.62 bits per heavy atom. The molecule has 37 heavy (non-hydrogen) atoms. The van der Waals surface area contributed by atoms with Crippen molar-refractivity contribution < 1.29 is 32.7 Å². The number of amides is 2. The molecule has 12 heteroatoms. The number of carbonyl (C=O) groups is 3. The van der Waals surface area contributed by atoms with E-state index in [0.717, 1.165) is 17.1 Å². The molecule has 0 radical (unpaired) electrons. The summed E-state index contributed by atoms with van der Waals surface area (Å²) in [4.78, 5) is 37.4. The van der Waals surface area contributed by atoms with Crippen LogP contribution in [-0.2, 0) is 9.59 Å². The number of hydrazine groups is 1. The molecular weight excluding hydrogens is 491 g/mol. The zero-order chi connectivity index (χ0) is 27.2. The van der Waals surface area contributed by atoms with Gasteiger partial charge in [0.1, 0.15) is 6.29 Å². The molecule has 0 bridgehead atoms. The third kappa shape index (κ3) is 6.56. The van der Waals surface area contributed by atoms with Crippen molar-refractivity contribution in [2.24, 2.45) is 0 Å². The fourth-order valence-electron chi connectivity index (χ4n) is 4.27. The minimum absolute atomic E-state index is 0.0334. The lowest BCUT2D eigenvalue weighted by Gasteiger charge is -2.33. The Bertz CT molecular complexity index is 1180. The normalized spacial score (nSPS) is 18.2. The average molecular weight is 518 g/mol. The van der Waals surface area contributed by atoms with Gasteiger partial charge in [-0.15, -0.1) is 0 Å². The standard InChI is InChI=1S/C25H26F3N5O4/c1-16(21(15-34)22-9-12-31-33(22)19-7-5-17(14-29)6-8-19)32(24(37)30-11-10-23(35)36)20-4-2-3-18(13-20)25(26,27)28/h3,5-8,13,15,22,31H,2,4,9-12H2,1H3,(H,30,37)(H,35,36)/b21-16+. The van der Waals surface area contributed by atoms with Crippen molar-refractivity contribution >= 4 is 24.0 Å². The fraction of sp³-hybridized carbons (Fsp3) is 0.360. The van der Waals surface area contributed by atoms with Crippen molar-refractivity contribution in [3.8, 4) is 6.07 Å². The van der Waals surface area contributed by atoms with Crippen LogP contribution in [0.15, 0.2) is 59.0 Å². The third-order valence-electron chi connectivity index (χ3n) is 6.04. The summed E-state index contributed by atoms with van der Waals surface area (Å²) in [6.07, 6.45) is -1.91. The topological polar surface area (TPSA) is 126 Å². The van der Waals surface area contributed by atoms with Crippen molar-refractivity contribution in [3.63, 3.8) is 0 Å². The van der Waals surface area contributed by atoms with Crippen LogP contribution in [-0.4, -0.2) is 53.6 Å². The van der Waals surface area contributed by atoms with Crippen molar-refractivity contribution in [1.29, 1.82) is 5.26 Å². The molecule has 1 saturated heterocycles. The van der Waals surface area contributed by atoms with E-state index in [-0.39, 0.29) is 42.8 Å². The Balaban J connectivity index is 2.03. The molecule has 1 aliphatic carbocycles. The van der Waals surface area contributed by atoms with E-state index < -0.39 is 29.8 Å². The lowest BCUT2D eigenvalue weighted by atomic mass is 9.99. The van der Waals surface area contributed by atoms with Gasteiger partial charge in [-0.05, 0) is 56.5 Å². The van der Waals surface area contributed by atoms with Crippen LogP contribution >= 0.6 is 0 Å². The molecule has 3 rings (SSSR count). The van der Waals surface area contributed by atoms with Crippen LogP contribution < -0.4 is 15.8 Å². The van der Waals surface area contributed by atoms with Crippen LogP contribution in [0, 0.1) is 11.3 Å². The number of anilines is 1. The van der Waals surface area contributed by atoms with Crippen LogP contribution in [0.3, 0.4) is 0 Å². The van der Waals surface area contributed by atoms with E-state index >= 15 is 0 Å². The summed E-state index contributed by atoms with van der Waals surface area (Å²) >= 11 is 0. The molecule has 1 heterocycles. The number of hydrogen-bond acceptors (Lipinski definition) is 6. The number of carbonyl (C=O) groups excluding carboxylic acids is 2. The predicted molar refractivity (Wildman–Crippen MR) is 128 cm³/mol. The van der Waals surface area contributed by atoms with Crippen LogP contribution in [0.1, 0.15) is 38.2 Å². The largest absolute Gasteiger partial charge is 0.481 e. The summed E-state index contributed by atoms with van der Waals surface area (Å²) in [5.74, 6) is -1.15. The number of carboxylic acid groups (broad SMARTS) is 1. The molecule has 3 N–H and O–H groups in total. The number of benzene rings is 1. The first-order valence-electron chi connectivity index (χ1n) is 11.5. The van der Waals surface area contributed by atoms with Gasteiger partial charge in [0.25, 0.3) is 0 Å². The van der Waals surface area contributed by atoms with Crippen molar-refractivity contribution in [3.05, 3.63) is 64.5 Å². The smallest absolute Gasteiger partial charge is 0.416 e. The number of alkyl halides is 3. The molecule has 1 unspecified atom stereocenters. The van der Waals surface area contributed by atoms with E-state index in [2.05, 4.69) is 10.7 Å². The molecule has 1 fully saturated rings. The number of nitrogens with one attached hydrogen (secondary N) is 2. The Labute approximate surface area is 211 Å². The lowest BCUT2D eigenvalue weighted by molar-refractivity contribution is -0.136. The molecule has 196 valence electrons. The number of nitriles is 1. The van der Waals surface area contributed by atoms with Gasteiger partial charge in [-0.3, -0.25) is 14.5 Å². The third-order valence-corrected chi connectivity index (χ3v) is 6.04. The maximum Gasteiger partial charge on any atom is 0.416 e. The van der Waals surface area contributed by atoms with Crippen LogP contribution in [0.5, 0.6) is 0 Å². The van der Waals surface area contributed by atoms with E-state index in [0.29, 0.717) is 30.5 Å². The first-order chi connectivity index (χ1) is 17.6. The number of hydrogen-bond donors (Lipinski definition) is 3. The molecular formula is C25H26F3N5O4. The molecule has 1 aliphatic heterocycles. The van der Waals surface area contributed by atoms with Gasteiger partial charge in [0.05, 0.1) is 35.4 Å². The lowest BCUT2D eigenvalue weighted by Crippen LogP contribution is -2.43. The van der Waals surface area contributed by atoms with Gasteiger partial charge in [0.2, 0.25) is 0 Å². The van der Waals surface area contributed by atoms with Gasteiger partial charge in [-0.2, -0.15) is 18.4 Å². The molecule has 2 amide bonds. The second-order valence-corrected chi connectivity index (χ2v) is 8.44. The van der Waals surface area contributed by atoms with Gasteiger partial charge in [0, 0.05) is 30.1 Å². The van der Waals surface area contributed by atoms with Gasteiger partial charge < -0.3 is 15.4 Å². The van der Waals surface area contributed by atoms with E-state index in [9.17, 15) is 27.6 Å². The highest BCUT2D eigenvalue weighted by Crippen LogP contribution is 2.35. The molecule has 2 aliphatic rings. The summed E-state index contributed by atoms with van der Waals surface area (Å²) < 4.78 is 40.3. The van der Waals surface area contributed by atoms with Crippen molar-refractivity contribution in [2.75, 3.05) is 18.1 Å². The Kier molecular flexibility index (Phi) is 8.73. The van der Waals surface area contributed by atoms with Gasteiger partial charge in [-0.25, -0.2) is 10.2 Å². The molecule has 0 spiro atoms. The number of urea groups is 1. The SMILES string of the molecule is C/C(=C(/C=O)C1CCNN1c1ccc(C#N)cc1)N(C(=O)NCCC(=O)O)C1=CC(C(F)(F)F)=CCC1. The first-order valence-corrected chi connectivity index (χ1v) is 11.5. The zero-order valence-electron chi connectivity index (χ0n) is 20.0. The number of rotatable bonds is 8. The number of halogens is 3. The van der Waals surface area contributed by atoms with Crippen molar-refractivity contribution in [2.45, 2.75) is 44.8 Å². The highest BCUT2D eigenvalue weighted by Gasteiger charge is 2.36. The van der Waals surface area contributed by atoms with Crippen molar-refractivity contribution in [1.82, 2.24) is 15.6 Å². The maximum atomic E-state index is 13.4. The highest BCUT2D eigenvalue weighted by atomic mass is 19.4. The number of allylic oxidation sites excluding steroid dienone is 5. The summed E-state index contributed by atoms with van der Waals surface area (Å²) in [6, 6.07) is 7.26. The quantitative estimate of drug-likeness (QED) is 0.354. The summed E-state index contributed by atoms with van der Waals surface area (Å²) in [6.45, 7) is 1.72. The Hall–Kier alpha value is -4.11. The zero-order valence-corrected chi connectivity index (χ0v) is 20.0. The average Bonchev–Trinajstić information content (AvgIpc) is 3.33. The number of aldehydes is 1. The second kappa shape index (κ2) is 11.7. The van der Waals surface area contributed by atoms with Gasteiger partial charge in [-0.1, -0.05) is 6.08 Å². The molecule has 1 atom stereocenters. The van der Waals surface area contributed by atoms with Crippen LogP contribution in [0.4, 0.5) is 23.7 Å². The van der Waals surface area contributed by atoms with Crippen LogP contribution in [0.2, 0.25) is 0 Å². The Morgan fingerprint density at radius 1 is 1.32 bits per heavy atom. The van der Waals surface area contributed by atoms with E-state index in [1.807, 2.05) is 6.07 Å². The molecule has 0 saturated carbocycles. The van der Waals surface area contributed by atoms with E-state index in [1.165, 1.54) is 6.92 Å². The fourth-order valence-corrected chi connectivity index (χ4v) is 4.27. The minimum atomic E-state index is -4.62. The molecule has 0 aromatic heterocycles. The monoisotopic (exact) mass is 517 g/mol. The first kappa shape index (κ1) is 27.5. The maximum absolute atomic E-state index is 13.4. The molecule has 9 nitrogen and oxygen atoms in total. The van der Waals surface area contributed by atoms with Gasteiger partial charge >= 0.3 is 18.2 Å². The van der Waals surface area contributed by atoms with E-state index in [1.54, 1.807) is 29.3 Å². The number of aliphatic carboxylic acids is 1. The van der Waals surface area contributed by atoms with Crippen LogP contribution in [0.25, 0.3) is 0 Å². The predicted octanol–water partition coefficient (Wildman–Crippen LogP) is 3.77. The van der Waals surface area contributed by atoms with Gasteiger partial charge in [0.15, 0.2) is 0 Å². The molecule has 1 aromatic carbocycles. The summed E-state index contributed by atoms with van der Waals surface area (Å²) in [5, 5.41) is 22.1. The Morgan fingerprint density at radius 2 is 2.03 bits per heavy atom. The summed E-state index contributed by atoms with van der Waals surface area (Å²) in [5.41, 5.74) is 3.69. The highest BCUT2D eigenvalue weighted by molar-refractivity contribution is 5.84. The summed E-state index contributed by atoms with van der Waals surface area (Å²) in [7, 11) is 0. The van der Waals surface area contributed by atoms with E-state index in [4.69, 9.17) is 10.4 Å². The minimum Gasteiger partial charge on any atom is -0.481 e. The molecule has 1 aromatic rings.